The fourth-order valence-corrected chi connectivity index (χ4v) is 0.938. The Morgan fingerprint density at radius 1 is 1.50 bits per heavy atom. The van der Waals surface area contributed by atoms with Crippen molar-refractivity contribution in [3.63, 3.8) is 0 Å². The molecule has 0 spiro atoms. The highest BCUT2D eigenvalue weighted by Gasteiger charge is 1.94. The summed E-state index contributed by atoms with van der Waals surface area (Å²) in [4.78, 5) is 0. The van der Waals surface area contributed by atoms with Crippen LogP contribution in [0.4, 0.5) is 0 Å². The van der Waals surface area contributed by atoms with Crippen LogP contribution in [-0.2, 0) is 6.61 Å². The second-order valence-electron chi connectivity index (χ2n) is 2.24. The van der Waals surface area contributed by atoms with E-state index in [1.54, 1.807) is 6.07 Å². The minimum atomic E-state index is 0.0556. The van der Waals surface area contributed by atoms with Crippen molar-refractivity contribution in [3.05, 3.63) is 34.3 Å². The lowest BCUT2D eigenvalue weighted by molar-refractivity contribution is 0.282. The normalized spacial score (nSPS) is 9.90. The quantitative estimate of drug-likeness (QED) is 0.661. The van der Waals surface area contributed by atoms with Crippen molar-refractivity contribution in [3.8, 4) is 0 Å². The molecule has 0 aliphatic carbocycles. The third kappa shape index (κ3) is 1.49. The number of aryl methyl sites for hydroxylation is 1. The topological polar surface area (TPSA) is 20.2 Å². The number of benzene rings is 1. The van der Waals surface area contributed by atoms with Crippen LogP contribution >= 0.6 is 11.6 Å². The molecule has 1 rings (SSSR count). The van der Waals surface area contributed by atoms with Gasteiger partial charge < -0.3 is 5.11 Å². The number of hydrogen-bond donors (Lipinski definition) is 1. The van der Waals surface area contributed by atoms with E-state index in [1.807, 2.05) is 19.1 Å². The summed E-state index contributed by atoms with van der Waals surface area (Å²) in [6, 6.07) is 5.53. The van der Waals surface area contributed by atoms with Crippen LogP contribution in [-0.4, -0.2) is 5.11 Å². The van der Waals surface area contributed by atoms with Crippen LogP contribution in [0.15, 0.2) is 18.2 Å². The summed E-state index contributed by atoms with van der Waals surface area (Å²) in [5.74, 6) is 0. The Morgan fingerprint density at radius 2 is 2.20 bits per heavy atom. The first kappa shape index (κ1) is 7.58. The molecular weight excluding hydrogens is 148 g/mol. The van der Waals surface area contributed by atoms with Crippen molar-refractivity contribution < 1.29 is 5.11 Å². The van der Waals surface area contributed by atoms with Crippen LogP contribution in [0.25, 0.3) is 0 Å². The van der Waals surface area contributed by atoms with Crippen molar-refractivity contribution in [1.29, 1.82) is 0 Å². The highest BCUT2D eigenvalue weighted by Crippen LogP contribution is 2.16. The summed E-state index contributed by atoms with van der Waals surface area (Å²) in [6.07, 6.45) is 0. The minimum Gasteiger partial charge on any atom is -0.392 e. The summed E-state index contributed by atoms with van der Waals surface area (Å²) in [5.41, 5.74) is 1.90. The Kier molecular flexibility index (Phi) is 2.30. The van der Waals surface area contributed by atoms with E-state index < -0.39 is 0 Å². The molecule has 2 heteroatoms. The Balaban J connectivity index is 3.04. The number of aliphatic hydroxyl groups is 1. The van der Waals surface area contributed by atoms with Gasteiger partial charge in [0, 0.05) is 5.02 Å². The monoisotopic (exact) mass is 156 g/mol. The molecule has 0 aliphatic rings. The molecule has 1 nitrogen and oxygen atoms in total. The zero-order chi connectivity index (χ0) is 7.56. The van der Waals surface area contributed by atoms with Crippen LogP contribution in [0.3, 0.4) is 0 Å². The molecule has 54 valence electrons. The van der Waals surface area contributed by atoms with E-state index in [4.69, 9.17) is 16.7 Å². The van der Waals surface area contributed by atoms with Gasteiger partial charge in [-0.2, -0.15) is 0 Å². The molecule has 0 fully saturated rings. The van der Waals surface area contributed by atoms with Gasteiger partial charge in [-0.1, -0.05) is 23.7 Å². The third-order valence-electron chi connectivity index (χ3n) is 1.42. The van der Waals surface area contributed by atoms with Crippen molar-refractivity contribution in [2.45, 2.75) is 13.5 Å². The zero-order valence-corrected chi connectivity index (χ0v) is 6.52. The van der Waals surface area contributed by atoms with Gasteiger partial charge in [-0.15, -0.1) is 0 Å². The summed E-state index contributed by atoms with van der Waals surface area (Å²) in [6.45, 7) is 1.99. The first-order valence-electron chi connectivity index (χ1n) is 3.10. The molecule has 0 bridgehead atoms. The fraction of sp³-hybridized carbons (Fsp3) is 0.250. The molecule has 1 N–H and O–H groups in total. The van der Waals surface area contributed by atoms with Gasteiger partial charge in [0.05, 0.1) is 6.61 Å². The lowest BCUT2D eigenvalue weighted by Gasteiger charge is -1.98. The van der Waals surface area contributed by atoms with Gasteiger partial charge >= 0.3 is 0 Å². The van der Waals surface area contributed by atoms with E-state index in [-0.39, 0.29) is 6.61 Å². The molecule has 0 atom stereocenters. The van der Waals surface area contributed by atoms with Gasteiger partial charge in [0.1, 0.15) is 0 Å². The number of halogens is 1. The SMILES string of the molecule is Cc1ccc(CO)cc1Cl. The average Bonchev–Trinajstić information content (AvgIpc) is 1.95. The highest BCUT2D eigenvalue weighted by atomic mass is 35.5. The van der Waals surface area contributed by atoms with Crippen molar-refractivity contribution in [1.82, 2.24) is 0 Å². The predicted molar refractivity (Wildman–Crippen MR) is 42.1 cm³/mol. The molecule has 10 heavy (non-hydrogen) atoms. The molecular formula is C8H9ClO. The number of rotatable bonds is 1. The Morgan fingerprint density at radius 3 is 2.70 bits per heavy atom. The van der Waals surface area contributed by atoms with Crippen LogP contribution in [0, 0.1) is 6.92 Å². The highest BCUT2D eigenvalue weighted by molar-refractivity contribution is 6.31. The lowest BCUT2D eigenvalue weighted by Crippen LogP contribution is -1.83. The van der Waals surface area contributed by atoms with E-state index in [0.29, 0.717) is 5.02 Å². The molecule has 0 amide bonds. The molecule has 0 radical (unpaired) electrons. The maximum Gasteiger partial charge on any atom is 0.0682 e. The van der Waals surface area contributed by atoms with E-state index in [9.17, 15) is 0 Å². The second kappa shape index (κ2) is 3.04. The lowest BCUT2D eigenvalue weighted by atomic mass is 10.2. The average molecular weight is 157 g/mol. The van der Waals surface area contributed by atoms with Crippen molar-refractivity contribution in [2.24, 2.45) is 0 Å². The molecule has 0 aromatic heterocycles. The summed E-state index contributed by atoms with van der Waals surface area (Å²) < 4.78 is 0. The Bertz CT molecular complexity index is 233. The first-order valence-corrected chi connectivity index (χ1v) is 3.47. The molecule has 0 heterocycles. The fourth-order valence-electron chi connectivity index (χ4n) is 0.735. The zero-order valence-electron chi connectivity index (χ0n) is 5.76. The van der Waals surface area contributed by atoms with Crippen molar-refractivity contribution >= 4 is 11.6 Å². The smallest absolute Gasteiger partial charge is 0.0682 e. The van der Waals surface area contributed by atoms with E-state index in [1.165, 1.54) is 0 Å². The van der Waals surface area contributed by atoms with Gasteiger partial charge in [-0.3, -0.25) is 0 Å². The van der Waals surface area contributed by atoms with E-state index in [0.717, 1.165) is 11.1 Å². The predicted octanol–water partition coefficient (Wildman–Crippen LogP) is 2.14. The first-order chi connectivity index (χ1) is 4.74. The van der Waals surface area contributed by atoms with E-state index >= 15 is 0 Å². The van der Waals surface area contributed by atoms with Gasteiger partial charge in [0.2, 0.25) is 0 Å². The summed E-state index contributed by atoms with van der Waals surface area (Å²) in [5, 5.41) is 9.41. The standard InChI is InChI=1S/C8H9ClO/c1-6-2-3-7(5-10)4-8(6)9/h2-4,10H,5H2,1H3. The Labute approximate surface area is 65.3 Å². The molecule has 1 aromatic carbocycles. The van der Waals surface area contributed by atoms with Crippen LogP contribution in [0.5, 0.6) is 0 Å². The van der Waals surface area contributed by atoms with Crippen LogP contribution in [0.1, 0.15) is 11.1 Å². The largest absolute Gasteiger partial charge is 0.392 e. The molecule has 0 unspecified atom stereocenters. The molecule has 1 aromatic rings. The minimum absolute atomic E-state index is 0.0556. The number of aliphatic hydroxyl groups excluding tert-OH is 1. The summed E-state index contributed by atoms with van der Waals surface area (Å²) >= 11 is 5.78. The van der Waals surface area contributed by atoms with Gasteiger partial charge in [-0.05, 0) is 24.1 Å². The van der Waals surface area contributed by atoms with Crippen molar-refractivity contribution in [2.75, 3.05) is 0 Å². The van der Waals surface area contributed by atoms with Gasteiger partial charge in [-0.25, -0.2) is 0 Å². The maximum absolute atomic E-state index is 8.69. The Hall–Kier alpha value is -0.530. The number of hydrogen-bond acceptors (Lipinski definition) is 1. The van der Waals surface area contributed by atoms with Crippen LogP contribution in [0.2, 0.25) is 5.02 Å². The molecule has 0 aliphatic heterocycles. The maximum atomic E-state index is 8.69. The van der Waals surface area contributed by atoms with Gasteiger partial charge in [0.15, 0.2) is 0 Å². The third-order valence-corrected chi connectivity index (χ3v) is 1.83. The second-order valence-corrected chi connectivity index (χ2v) is 2.65. The van der Waals surface area contributed by atoms with E-state index in [2.05, 4.69) is 0 Å². The molecule has 0 saturated carbocycles. The molecule has 0 saturated heterocycles. The summed E-state index contributed by atoms with van der Waals surface area (Å²) in [7, 11) is 0. The van der Waals surface area contributed by atoms with Crippen LogP contribution < -0.4 is 0 Å². The van der Waals surface area contributed by atoms with Gasteiger partial charge in [0.25, 0.3) is 0 Å².